The fourth-order valence-corrected chi connectivity index (χ4v) is 2.95. The largest absolute Gasteiger partial charge is 0.0945 e. The molecule has 0 nitrogen and oxygen atoms in total. The van der Waals surface area contributed by atoms with Crippen molar-refractivity contribution in [3.05, 3.63) is 53.4 Å². The van der Waals surface area contributed by atoms with Crippen molar-refractivity contribution >= 4 is 22.5 Å². The minimum absolute atomic E-state index is 1.03. The van der Waals surface area contributed by atoms with Crippen LogP contribution in [0.5, 0.6) is 0 Å². The standard InChI is InChI=1S/C13H10S/c1-9-8-12-11-5-3-2-4-10(11)6-7-13(12)14-9/h2-7H,1,8H2. The molecule has 0 aromatic heterocycles. The van der Waals surface area contributed by atoms with Gasteiger partial charge < -0.3 is 0 Å². The van der Waals surface area contributed by atoms with Gasteiger partial charge in [0.1, 0.15) is 0 Å². The number of thioether (sulfide) groups is 1. The Morgan fingerprint density at radius 3 is 2.86 bits per heavy atom. The number of hydrogen-bond acceptors (Lipinski definition) is 1. The molecule has 1 heterocycles. The van der Waals surface area contributed by atoms with E-state index < -0.39 is 0 Å². The summed E-state index contributed by atoms with van der Waals surface area (Å²) in [6, 6.07) is 13.0. The lowest BCUT2D eigenvalue weighted by atomic mass is 10.0. The second-order valence-corrected chi connectivity index (χ2v) is 4.80. The smallest absolute Gasteiger partial charge is 0.0161 e. The maximum absolute atomic E-state index is 4.04. The van der Waals surface area contributed by atoms with E-state index >= 15 is 0 Å². The normalized spacial score (nSPS) is 14.7. The topological polar surface area (TPSA) is 0 Å². The Bertz CT molecular complexity index is 526. The fraction of sp³-hybridized carbons (Fsp3) is 0.0769. The maximum Gasteiger partial charge on any atom is 0.0161 e. The van der Waals surface area contributed by atoms with Crippen molar-refractivity contribution in [2.24, 2.45) is 0 Å². The Balaban J connectivity index is 2.39. The Morgan fingerprint density at radius 1 is 1.07 bits per heavy atom. The first kappa shape index (κ1) is 8.13. The molecule has 3 rings (SSSR count). The van der Waals surface area contributed by atoms with Gasteiger partial charge in [0.15, 0.2) is 0 Å². The highest BCUT2D eigenvalue weighted by Crippen LogP contribution is 2.42. The van der Waals surface area contributed by atoms with Crippen molar-refractivity contribution in [2.45, 2.75) is 11.3 Å². The van der Waals surface area contributed by atoms with Crippen LogP contribution in [0, 0.1) is 0 Å². The third-order valence-corrected chi connectivity index (χ3v) is 3.66. The quantitative estimate of drug-likeness (QED) is 0.616. The van der Waals surface area contributed by atoms with Gasteiger partial charge >= 0.3 is 0 Å². The molecule has 14 heavy (non-hydrogen) atoms. The van der Waals surface area contributed by atoms with Gasteiger partial charge in [-0.05, 0) is 27.3 Å². The van der Waals surface area contributed by atoms with E-state index in [0.29, 0.717) is 0 Å². The first-order valence-electron chi connectivity index (χ1n) is 4.71. The summed E-state index contributed by atoms with van der Waals surface area (Å²) in [6.45, 7) is 4.04. The van der Waals surface area contributed by atoms with Crippen LogP contribution < -0.4 is 0 Å². The molecule has 0 radical (unpaired) electrons. The first-order valence-corrected chi connectivity index (χ1v) is 5.52. The van der Waals surface area contributed by atoms with Crippen molar-refractivity contribution in [3.8, 4) is 0 Å². The van der Waals surface area contributed by atoms with E-state index in [2.05, 4.69) is 43.0 Å². The highest BCUT2D eigenvalue weighted by molar-refractivity contribution is 8.03. The van der Waals surface area contributed by atoms with Gasteiger partial charge in [0.05, 0.1) is 0 Å². The zero-order chi connectivity index (χ0) is 9.54. The van der Waals surface area contributed by atoms with Crippen molar-refractivity contribution in [2.75, 3.05) is 0 Å². The van der Waals surface area contributed by atoms with Crippen LogP contribution in [0.2, 0.25) is 0 Å². The van der Waals surface area contributed by atoms with E-state index in [0.717, 1.165) is 6.42 Å². The predicted octanol–water partition coefficient (Wildman–Crippen LogP) is 4.00. The summed E-state index contributed by atoms with van der Waals surface area (Å²) in [6.07, 6.45) is 1.03. The predicted molar refractivity (Wildman–Crippen MR) is 62.6 cm³/mol. The van der Waals surface area contributed by atoms with Crippen LogP contribution in [0.15, 0.2) is 52.8 Å². The van der Waals surface area contributed by atoms with Crippen LogP contribution in [0.3, 0.4) is 0 Å². The van der Waals surface area contributed by atoms with E-state index in [1.807, 2.05) is 11.8 Å². The summed E-state index contributed by atoms with van der Waals surface area (Å²) in [5.74, 6) is 0. The van der Waals surface area contributed by atoms with Crippen LogP contribution in [-0.2, 0) is 6.42 Å². The average molecular weight is 198 g/mol. The summed E-state index contributed by atoms with van der Waals surface area (Å²) in [5.41, 5.74) is 1.46. The van der Waals surface area contributed by atoms with Crippen molar-refractivity contribution in [1.82, 2.24) is 0 Å². The lowest BCUT2D eigenvalue weighted by molar-refractivity contribution is 1.24. The van der Waals surface area contributed by atoms with Crippen molar-refractivity contribution in [1.29, 1.82) is 0 Å². The maximum atomic E-state index is 4.04. The van der Waals surface area contributed by atoms with Crippen LogP contribution in [-0.4, -0.2) is 0 Å². The Morgan fingerprint density at radius 2 is 1.93 bits per heavy atom. The highest BCUT2D eigenvalue weighted by atomic mass is 32.2. The van der Waals surface area contributed by atoms with Crippen LogP contribution in [0.4, 0.5) is 0 Å². The van der Waals surface area contributed by atoms with E-state index in [9.17, 15) is 0 Å². The Labute approximate surface area is 87.6 Å². The average Bonchev–Trinajstić information content (AvgIpc) is 2.59. The molecule has 2 aromatic rings. The number of allylic oxidation sites excluding steroid dienone is 1. The van der Waals surface area contributed by atoms with Gasteiger partial charge in [-0.25, -0.2) is 0 Å². The van der Waals surface area contributed by atoms with E-state index in [-0.39, 0.29) is 0 Å². The molecular weight excluding hydrogens is 188 g/mol. The van der Waals surface area contributed by atoms with Crippen LogP contribution in [0.1, 0.15) is 5.56 Å². The minimum atomic E-state index is 1.03. The first-order chi connectivity index (χ1) is 6.84. The molecule has 0 fully saturated rings. The van der Waals surface area contributed by atoms with E-state index in [1.165, 1.54) is 26.1 Å². The Hall–Kier alpha value is -1.21. The molecule has 0 saturated carbocycles. The molecule has 2 aromatic carbocycles. The van der Waals surface area contributed by atoms with Crippen molar-refractivity contribution in [3.63, 3.8) is 0 Å². The molecule has 0 spiro atoms. The molecule has 0 bridgehead atoms. The molecule has 1 heteroatoms. The van der Waals surface area contributed by atoms with Crippen molar-refractivity contribution < 1.29 is 0 Å². The monoisotopic (exact) mass is 198 g/mol. The van der Waals surface area contributed by atoms with Gasteiger partial charge in [-0.2, -0.15) is 0 Å². The van der Waals surface area contributed by atoms with Gasteiger partial charge in [0.2, 0.25) is 0 Å². The summed E-state index contributed by atoms with van der Waals surface area (Å²) in [7, 11) is 0. The third-order valence-electron chi connectivity index (χ3n) is 2.63. The van der Waals surface area contributed by atoms with Crippen LogP contribution in [0.25, 0.3) is 10.8 Å². The van der Waals surface area contributed by atoms with E-state index in [4.69, 9.17) is 0 Å². The highest BCUT2D eigenvalue weighted by Gasteiger charge is 2.16. The number of hydrogen-bond donors (Lipinski definition) is 0. The Kier molecular flexibility index (Phi) is 1.68. The molecule has 0 amide bonds. The van der Waals surface area contributed by atoms with E-state index in [1.54, 1.807) is 0 Å². The van der Waals surface area contributed by atoms with Gasteiger partial charge in [-0.3, -0.25) is 0 Å². The molecule has 0 saturated heterocycles. The number of benzene rings is 2. The summed E-state index contributed by atoms with van der Waals surface area (Å²) in [5, 5.41) is 2.72. The zero-order valence-electron chi connectivity index (χ0n) is 7.79. The lowest BCUT2D eigenvalue weighted by Crippen LogP contribution is -1.82. The molecule has 68 valence electrons. The molecule has 0 aliphatic carbocycles. The molecule has 0 N–H and O–H groups in total. The SMILES string of the molecule is C=C1Cc2c(ccc3ccccc23)S1. The van der Waals surface area contributed by atoms with Gasteiger partial charge in [0.25, 0.3) is 0 Å². The van der Waals surface area contributed by atoms with Gasteiger partial charge in [0, 0.05) is 11.3 Å². The lowest BCUT2D eigenvalue weighted by Gasteiger charge is -2.02. The molecule has 0 unspecified atom stereocenters. The van der Waals surface area contributed by atoms with Gasteiger partial charge in [-0.1, -0.05) is 48.7 Å². The zero-order valence-corrected chi connectivity index (χ0v) is 8.60. The number of fused-ring (bicyclic) bond motifs is 3. The second-order valence-electron chi connectivity index (χ2n) is 3.58. The minimum Gasteiger partial charge on any atom is -0.0945 e. The summed E-state index contributed by atoms with van der Waals surface area (Å²) in [4.78, 5) is 2.64. The molecule has 1 aliphatic rings. The molecule has 0 atom stereocenters. The summed E-state index contributed by atoms with van der Waals surface area (Å²) < 4.78 is 0. The third kappa shape index (κ3) is 1.09. The molecule has 1 aliphatic heterocycles. The summed E-state index contributed by atoms with van der Waals surface area (Å²) >= 11 is 1.81. The fourth-order valence-electron chi connectivity index (χ4n) is 1.98. The van der Waals surface area contributed by atoms with Gasteiger partial charge in [-0.15, -0.1) is 0 Å². The molecular formula is C13H10S. The van der Waals surface area contributed by atoms with Crippen LogP contribution >= 0.6 is 11.8 Å². The second kappa shape index (κ2) is 2.89. The number of rotatable bonds is 0.